The smallest absolute Gasteiger partial charge is 0.411 e. The fourth-order valence-corrected chi connectivity index (χ4v) is 1.56. The Balaban J connectivity index is 2.11. The number of hydrogen-bond acceptors (Lipinski definition) is 4. The number of aromatic nitrogens is 2. The molecule has 7 heteroatoms. The maximum absolute atomic E-state index is 12.8. The van der Waals surface area contributed by atoms with Crippen molar-refractivity contribution in [1.82, 2.24) is 9.97 Å². The summed E-state index contributed by atoms with van der Waals surface area (Å²) >= 11 is 0. The lowest BCUT2D eigenvalue weighted by Crippen LogP contribution is -2.38. The van der Waals surface area contributed by atoms with Crippen molar-refractivity contribution in [2.24, 2.45) is 0 Å². The van der Waals surface area contributed by atoms with Gasteiger partial charge < -0.3 is 10.1 Å². The Bertz CT molecular complexity index is 430. The van der Waals surface area contributed by atoms with Gasteiger partial charge in [-0.15, -0.1) is 0 Å². The molecule has 0 saturated heterocycles. The first-order valence-electron chi connectivity index (χ1n) is 5.66. The van der Waals surface area contributed by atoms with Gasteiger partial charge in [0.2, 0.25) is 5.88 Å². The monoisotopic (exact) mass is 261 g/mol. The van der Waals surface area contributed by atoms with Gasteiger partial charge in [0.1, 0.15) is 17.7 Å². The first kappa shape index (κ1) is 12.9. The zero-order valence-electron chi connectivity index (χ0n) is 10.1. The van der Waals surface area contributed by atoms with Crippen molar-refractivity contribution in [2.45, 2.75) is 44.5 Å². The van der Waals surface area contributed by atoms with E-state index in [4.69, 9.17) is 4.74 Å². The van der Waals surface area contributed by atoms with E-state index in [1.165, 1.54) is 12.4 Å². The highest BCUT2D eigenvalue weighted by Crippen LogP contribution is 2.51. The highest BCUT2D eigenvalue weighted by atomic mass is 19.4. The van der Waals surface area contributed by atoms with E-state index < -0.39 is 11.7 Å². The Kier molecular flexibility index (Phi) is 3.08. The van der Waals surface area contributed by atoms with Crippen molar-refractivity contribution in [3.8, 4) is 5.88 Å². The highest BCUT2D eigenvalue weighted by molar-refractivity contribution is 5.43. The maximum atomic E-state index is 12.8. The Labute approximate surface area is 103 Å². The van der Waals surface area contributed by atoms with Crippen LogP contribution < -0.4 is 10.1 Å². The van der Waals surface area contributed by atoms with Crippen molar-refractivity contribution < 1.29 is 17.9 Å². The molecular weight excluding hydrogens is 247 g/mol. The van der Waals surface area contributed by atoms with Crippen LogP contribution in [-0.4, -0.2) is 27.8 Å². The minimum absolute atomic E-state index is 0.0703. The topological polar surface area (TPSA) is 47.0 Å². The Morgan fingerprint density at radius 1 is 1.33 bits per heavy atom. The van der Waals surface area contributed by atoms with Crippen molar-refractivity contribution >= 4 is 5.82 Å². The second-order valence-corrected chi connectivity index (χ2v) is 4.61. The number of ether oxygens (including phenoxy) is 1. The third kappa shape index (κ3) is 2.65. The Hall–Kier alpha value is -1.53. The molecular formula is C11H14F3N3O. The normalized spacial score (nSPS) is 17.7. The van der Waals surface area contributed by atoms with Crippen molar-refractivity contribution in [3.63, 3.8) is 0 Å². The lowest BCUT2D eigenvalue weighted by Gasteiger charge is -2.21. The molecule has 1 fully saturated rings. The fraction of sp³-hybridized carbons (Fsp3) is 0.636. The molecule has 0 atom stereocenters. The number of nitrogens with one attached hydrogen (secondary N) is 1. The SMILES string of the molecule is CC(C)Oc1cc(NC2(C(F)(F)F)CC2)ncn1. The summed E-state index contributed by atoms with van der Waals surface area (Å²) < 4.78 is 43.6. The zero-order valence-corrected chi connectivity index (χ0v) is 10.1. The second kappa shape index (κ2) is 4.29. The van der Waals surface area contributed by atoms with Gasteiger partial charge in [-0.1, -0.05) is 0 Å². The standard InChI is InChI=1S/C11H14F3N3O/c1-7(2)18-9-5-8(15-6-16-9)17-10(3-4-10)11(12,13)14/h5-7H,3-4H2,1-2H3,(H,15,16,17). The maximum Gasteiger partial charge on any atom is 0.411 e. The van der Waals surface area contributed by atoms with Crippen molar-refractivity contribution in [2.75, 3.05) is 5.32 Å². The number of nitrogens with zero attached hydrogens (tertiary/aromatic N) is 2. The first-order valence-corrected chi connectivity index (χ1v) is 5.66. The van der Waals surface area contributed by atoms with Crippen LogP contribution in [-0.2, 0) is 0 Å². The van der Waals surface area contributed by atoms with E-state index in [0.717, 1.165) is 0 Å². The van der Waals surface area contributed by atoms with E-state index in [1.807, 2.05) is 13.8 Å². The van der Waals surface area contributed by atoms with Crippen LogP contribution in [0.3, 0.4) is 0 Å². The molecule has 2 rings (SSSR count). The van der Waals surface area contributed by atoms with E-state index in [0.29, 0.717) is 0 Å². The minimum Gasteiger partial charge on any atom is -0.475 e. The van der Waals surface area contributed by atoms with Crippen molar-refractivity contribution in [1.29, 1.82) is 0 Å². The average Bonchev–Trinajstić information content (AvgIpc) is 2.97. The van der Waals surface area contributed by atoms with Crippen LogP contribution in [0.4, 0.5) is 19.0 Å². The number of halogens is 3. The van der Waals surface area contributed by atoms with Gasteiger partial charge in [-0.3, -0.25) is 0 Å². The zero-order chi connectivity index (χ0) is 13.4. The second-order valence-electron chi connectivity index (χ2n) is 4.61. The van der Waals surface area contributed by atoms with E-state index in [1.54, 1.807) is 0 Å². The molecule has 1 aliphatic carbocycles. The molecule has 1 aromatic heterocycles. The molecule has 0 amide bonds. The summed E-state index contributed by atoms with van der Waals surface area (Å²) in [6.07, 6.45) is -3.03. The van der Waals surface area contributed by atoms with Gasteiger partial charge >= 0.3 is 6.18 Å². The molecule has 0 aliphatic heterocycles. The lowest BCUT2D eigenvalue weighted by atomic mass is 10.2. The van der Waals surface area contributed by atoms with Gasteiger partial charge in [0.25, 0.3) is 0 Å². The molecule has 0 aromatic carbocycles. The predicted molar refractivity (Wildman–Crippen MR) is 59.4 cm³/mol. The van der Waals surface area contributed by atoms with E-state index in [2.05, 4.69) is 15.3 Å². The van der Waals surface area contributed by atoms with Crippen LogP contribution >= 0.6 is 0 Å². The van der Waals surface area contributed by atoms with E-state index in [9.17, 15) is 13.2 Å². The average molecular weight is 261 g/mol. The van der Waals surface area contributed by atoms with Crippen LogP contribution in [0.5, 0.6) is 5.88 Å². The molecule has 1 N–H and O–H groups in total. The van der Waals surface area contributed by atoms with Crippen LogP contribution in [0.15, 0.2) is 12.4 Å². The minimum atomic E-state index is -4.27. The van der Waals surface area contributed by atoms with Gasteiger partial charge in [0.15, 0.2) is 0 Å². The fourth-order valence-electron chi connectivity index (χ4n) is 1.56. The number of anilines is 1. The summed E-state index contributed by atoms with van der Waals surface area (Å²) in [7, 11) is 0. The molecule has 1 aromatic rings. The molecule has 100 valence electrons. The summed E-state index contributed by atoms with van der Waals surface area (Å²) in [6, 6.07) is 1.38. The molecule has 18 heavy (non-hydrogen) atoms. The summed E-state index contributed by atoms with van der Waals surface area (Å²) in [4.78, 5) is 7.62. The molecule has 1 saturated carbocycles. The van der Waals surface area contributed by atoms with Crippen molar-refractivity contribution in [3.05, 3.63) is 12.4 Å². The van der Waals surface area contributed by atoms with Crippen LogP contribution in [0, 0.1) is 0 Å². The van der Waals surface area contributed by atoms with E-state index >= 15 is 0 Å². The summed E-state index contributed by atoms with van der Waals surface area (Å²) in [5.74, 6) is 0.399. The molecule has 0 radical (unpaired) electrons. The largest absolute Gasteiger partial charge is 0.475 e. The summed E-state index contributed by atoms with van der Waals surface area (Å²) in [6.45, 7) is 3.63. The molecule has 1 heterocycles. The molecule has 4 nitrogen and oxygen atoms in total. The number of hydrogen-bond donors (Lipinski definition) is 1. The van der Waals surface area contributed by atoms with Gasteiger partial charge in [-0.2, -0.15) is 13.2 Å². The van der Waals surface area contributed by atoms with Crippen LogP contribution in [0.25, 0.3) is 0 Å². The molecule has 0 spiro atoms. The molecule has 0 bridgehead atoms. The Morgan fingerprint density at radius 3 is 2.50 bits per heavy atom. The lowest BCUT2D eigenvalue weighted by molar-refractivity contribution is -0.151. The summed E-state index contributed by atoms with van der Waals surface area (Å²) in [5, 5.41) is 2.43. The van der Waals surface area contributed by atoms with Gasteiger partial charge in [-0.05, 0) is 26.7 Å². The molecule has 0 unspecified atom stereocenters. The Morgan fingerprint density at radius 2 is 2.00 bits per heavy atom. The van der Waals surface area contributed by atoms with Gasteiger partial charge in [0.05, 0.1) is 6.10 Å². The van der Waals surface area contributed by atoms with E-state index in [-0.39, 0.29) is 30.6 Å². The summed E-state index contributed by atoms with van der Waals surface area (Å²) in [5.41, 5.74) is -1.82. The third-order valence-corrected chi connectivity index (χ3v) is 2.66. The quantitative estimate of drug-likeness (QED) is 0.905. The number of rotatable bonds is 4. The molecule has 1 aliphatic rings. The highest BCUT2D eigenvalue weighted by Gasteiger charge is 2.63. The van der Waals surface area contributed by atoms with Gasteiger partial charge in [-0.25, -0.2) is 9.97 Å². The van der Waals surface area contributed by atoms with Crippen LogP contribution in [0.1, 0.15) is 26.7 Å². The first-order chi connectivity index (χ1) is 8.32. The predicted octanol–water partition coefficient (Wildman–Crippen LogP) is 2.77. The van der Waals surface area contributed by atoms with Gasteiger partial charge in [0, 0.05) is 6.07 Å². The number of alkyl halides is 3. The van der Waals surface area contributed by atoms with Crippen LogP contribution in [0.2, 0.25) is 0 Å². The third-order valence-electron chi connectivity index (χ3n) is 2.66.